The molecule has 4 heterocycles. The molecule has 0 spiro atoms. The number of hydrogen-bond acceptors (Lipinski definition) is 4. The summed E-state index contributed by atoms with van der Waals surface area (Å²) in [5.41, 5.74) is 3.05. The van der Waals surface area contributed by atoms with Crippen molar-refractivity contribution in [1.29, 1.82) is 0 Å². The zero-order chi connectivity index (χ0) is 15.6. The van der Waals surface area contributed by atoms with E-state index in [4.69, 9.17) is 0 Å². The van der Waals surface area contributed by atoms with Gasteiger partial charge in [-0.1, -0.05) is 6.07 Å². The van der Waals surface area contributed by atoms with Gasteiger partial charge in [0.2, 0.25) is 0 Å². The summed E-state index contributed by atoms with van der Waals surface area (Å²) in [4.78, 5) is 20.8. The molecule has 0 aliphatic heterocycles. The van der Waals surface area contributed by atoms with Crippen LogP contribution in [-0.4, -0.2) is 24.1 Å². The lowest BCUT2D eigenvalue weighted by molar-refractivity contribution is 0.740. The molecule has 0 aromatic carbocycles. The molecule has 0 unspecified atom stereocenters. The number of fused-ring (bicyclic) bond motifs is 1. The summed E-state index contributed by atoms with van der Waals surface area (Å²) in [6.45, 7) is 0.483. The summed E-state index contributed by atoms with van der Waals surface area (Å²) in [7, 11) is 0. The minimum Gasteiger partial charge on any atom is -0.308 e. The number of aromatic nitrogens is 5. The van der Waals surface area contributed by atoms with Crippen LogP contribution in [0.4, 0.5) is 0 Å². The van der Waals surface area contributed by atoms with Crippen LogP contribution < -0.4 is 5.56 Å². The fraction of sp³-hybridized carbons (Fsp3) is 0.0588. The largest absolute Gasteiger partial charge is 0.308 e. The van der Waals surface area contributed by atoms with Crippen molar-refractivity contribution in [3.63, 3.8) is 0 Å². The Morgan fingerprint density at radius 1 is 1.00 bits per heavy atom. The Labute approximate surface area is 131 Å². The zero-order valence-electron chi connectivity index (χ0n) is 12.2. The predicted molar refractivity (Wildman–Crippen MR) is 86.0 cm³/mol. The van der Waals surface area contributed by atoms with Crippen LogP contribution in [-0.2, 0) is 6.54 Å². The van der Waals surface area contributed by atoms with Gasteiger partial charge < -0.3 is 4.57 Å². The van der Waals surface area contributed by atoms with Crippen LogP contribution in [0.2, 0.25) is 0 Å². The summed E-state index contributed by atoms with van der Waals surface area (Å²) >= 11 is 0. The normalized spacial score (nSPS) is 11.0. The van der Waals surface area contributed by atoms with Gasteiger partial charge in [-0.05, 0) is 29.8 Å². The summed E-state index contributed by atoms with van der Waals surface area (Å²) in [5, 5.41) is 4.44. The maximum absolute atomic E-state index is 12.6. The molecule has 0 N–H and O–H groups in total. The summed E-state index contributed by atoms with van der Waals surface area (Å²) in [5.74, 6) is 0. The predicted octanol–water partition coefficient (Wildman–Crippen LogP) is 2.00. The van der Waals surface area contributed by atoms with Crippen LogP contribution >= 0.6 is 0 Å². The first kappa shape index (κ1) is 13.4. The van der Waals surface area contributed by atoms with E-state index in [1.165, 1.54) is 0 Å². The van der Waals surface area contributed by atoms with Gasteiger partial charge in [-0.15, -0.1) is 0 Å². The molecule has 0 fully saturated rings. The Morgan fingerprint density at radius 3 is 2.57 bits per heavy atom. The standard InChI is InChI=1S/C17H13N5O/c23-17-16-9-15(14-4-2-6-19-11-14)20-22(16)8-7-21(17)12-13-3-1-5-18-10-13/h1-11H,12H2. The number of hydrogen-bond donors (Lipinski definition) is 0. The van der Waals surface area contributed by atoms with Crippen LogP contribution in [0.3, 0.4) is 0 Å². The lowest BCUT2D eigenvalue weighted by atomic mass is 10.2. The average Bonchev–Trinajstić information content (AvgIpc) is 3.04. The van der Waals surface area contributed by atoms with Crippen molar-refractivity contribution < 1.29 is 0 Å². The summed E-state index contributed by atoms with van der Waals surface area (Å²) in [6.07, 6.45) is 10.4. The highest BCUT2D eigenvalue weighted by atomic mass is 16.1. The van der Waals surface area contributed by atoms with E-state index in [1.54, 1.807) is 52.3 Å². The summed E-state index contributed by atoms with van der Waals surface area (Å²) < 4.78 is 3.26. The molecule has 23 heavy (non-hydrogen) atoms. The van der Waals surface area contributed by atoms with E-state index in [0.29, 0.717) is 12.1 Å². The molecule has 0 radical (unpaired) electrons. The first-order chi connectivity index (χ1) is 11.3. The molecule has 0 aliphatic carbocycles. The van der Waals surface area contributed by atoms with Crippen LogP contribution in [0.25, 0.3) is 16.8 Å². The SMILES string of the molecule is O=c1c2cc(-c3cccnc3)nn2ccn1Cc1cccnc1. The molecule has 4 aromatic rings. The molecule has 6 heteroatoms. The zero-order valence-corrected chi connectivity index (χ0v) is 12.2. The minimum absolute atomic E-state index is 0.0843. The van der Waals surface area contributed by atoms with Crippen LogP contribution in [0, 0.1) is 0 Å². The van der Waals surface area contributed by atoms with E-state index in [1.807, 2.05) is 24.3 Å². The van der Waals surface area contributed by atoms with E-state index >= 15 is 0 Å². The van der Waals surface area contributed by atoms with Crippen molar-refractivity contribution in [3.05, 3.63) is 83.4 Å². The van der Waals surface area contributed by atoms with Gasteiger partial charge in [0.05, 0.1) is 12.2 Å². The maximum Gasteiger partial charge on any atom is 0.276 e. The molecule has 4 rings (SSSR count). The van der Waals surface area contributed by atoms with Gasteiger partial charge in [-0.25, -0.2) is 4.52 Å². The second-order valence-corrected chi connectivity index (χ2v) is 5.19. The monoisotopic (exact) mass is 303 g/mol. The third kappa shape index (κ3) is 2.50. The third-order valence-corrected chi connectivity index (χ3v) is 3.64. The molecule has 0 saturated heterocycles. The fourth-order valence-corrected chi connectivity index (χ4v) is 2.49. The van der Waals surface area contributed by atoms with Crippen LogP contribution in [0.1, 0.15) is 5.56 Å². The van der Waals surface area contributed by atoms with Crippen molar-refractivity contribution in [1.82, 2.24) is 24.1 Å². The molecule has 6 nitrogen and oxygen atoms in total. The van der Waals surface area contributed by atoms with Gasteiger partial charge in [0, 0.05) is 42.7 Å². The van der Waals surface area contributed by atoms with E-state index in [9.17, 15) is 4.79 Å². The van der Waals surface area contributed by atoms with Gasteiger partial charge in [-0.3, -0.25) is 14.8 Å². The third-order valence-electron chi connectivity index (χ3n) is 3.64. The van der Waals surface area contributed by atoms with E-state index in [-0.39, 0.29) is 5.56 Å². The fourth-order valence-electron chi connectivity index (χ4n) is 2.49. The number of pyridine rings is 2. The Morgan fingerprint density at radius 2 is 1.83 bits per heavy atom. The quantitative estimate of drug-likeness (QED) is 0.580. The first-order valence-electron chi connectivity index (χ1n) is 7.19. The Kier molecular flexibility index (Phi) is 3.20. The van der Waals surface area contributed by atoms with Gasteiger partial charge >= 0.3 is 0 Å². The smallest absolute Gasteiger partial charge is 0.276 e. The van der Waals surface area contributed by atoms with Gasteiger partial charge in [0.25, 0.3) is 5.56 Å². The Balaban J connectivity index is 1.78. The molecule has 0 aliphatic rings. The van der Waals surface area contributed by atoms with Gasteiger partial charge in [0.1, 0.15) is 5.52 Å². The van der Waals surface area contributed by atoms with Gasteiger partial charge in [-0.2, -0.15) is 5.10 Å². The van der Waals surface area contributed by atoms with Crippen molar-refractivity contribution in [3.8, 4) is 11.3 Å². The average molecular weight is 303 g/mol. The topological polar surface area (TPSA) is 65.1 Å². The highest BCUT2D eigenvalue weighted by Crippen LogP contribution is 2.16. The van der Waals surface area contributed by atoms with Crippen molar-refractivity contribution >= 4 is 5.52 Å². The first-order valence-corrected chi connectivity index (χ1v) is 7.19. The minimum atomic E-state index is -0.0843. The lowest BCUT2D eigenvalue weighted by Gasteiger charge is -2.05. The Bertz CT molecular complexity index is 1010. The number of nitrogens with zero attached hydrogens (tertiary/aromatic N) is 5. The van der Waals surface area contributed by atoms with Crippen LogP contribution in [0.5, 0.6) is 0 Å². The molecule has 4 aromatic heterocycles. The highest BCUT2D eigenvalue weighted by molar-refractivity contribution is 5.64. The highest BCUT2D eigenvalue weighted by Gasteiger charge is 2.09. The lowest BCUT2D eigenvalue weighted by Crippen LogP contribution is -2.21. The van der Waals surface area contributed by atoms with E-state index < -0.39 is 0 Å². The molecule has 0 amide bonds. The van der Waals surface area contributed by atoms with Crippen molar-refractivity contribution in [2.75, 3.05) is 0 Å². The second-order valence-electron chi connectivity index (χ2n) is 5.19. The Hall–Kier alpha value is -3.28. The number of rotatable bonds is 3. The van der Waals surface area contributed by atoms with Crippen molar-refractivity contribution in [2.45, 2.75) is 6.54 Å². The van der Waals surface area contributed by atoms with Crippen molar-refractivity contribution in [2.24, 2.45) is 0 Å². The van der Waals surface area contributed by atoms with E-state index in [0.717, 1.165) is 16.8 Å². The van der Waals surface area contributed by atoms with Gasteiger partial charge in [0.15, 0.2) is 0 Å². The molecule has 0 atom stereocenters. The van der Waals surface area contributed by atoms with Crippen LogP contribution in [0.15, 0.2) is 72.3 Å². The molecule has 0 bridgehead atoms. The molecular formula is C17H13N5O. The second kappa shape index (κ2) is 5.49. The molecular weight excluding hydrogens is 290 g/mol. The maximum atomic E-state index is 12.6. The molecule has 0 saturated carbocycles. The van der Waals surface area contributed by atoms with E-state index in [2.05, 4.69) is 15.1 Å². The molecule has 112 valence electrons. The summed E-state index contributed by atoms with van der Waals surface area (Å²) in [6, 6.07) is 9.36.